The smallest absolute Gasteiger partial charge is 0.227 e. The van der Waals surface area contributed by atoms with Crippen LogP contribution in [0.4, 0.5) is 0 Å². The van der Waals surface area contributed by atoms with Crippen LogP contribution in [0.15, 0.2) is 29.2 Å². The van der Waals surface area contributed by atoms with Gasteiger partial charge in [0.1, 0.15) is 0 Å². The summed E-state index contributed by atoms with van der Waals surface area (Å²) >= 11 is 0. The lowest BCUT2D eigenvalue weighted by molar-refractivity contribution is -0.132. The Hall–Kier alpha value is -1.93. The van der Waals surface area contributed by atoms with Crippen molar-refractivity contribution in [3.05, 3.63) is 29.8 Å². The van der Waals surface area contributed by atoms with Crippen molar-refractivity contribution in [1.82, 2.24) is 10.2 Å². The van der Waals surface area contributed by atoms with Gasteiger partial charge in [-0.1, -0.05) is 12.1 Å². The number of nitrogens with zero attached hydrogens (tertiary/aromatic N) is 1. The summed E-state index contributed by atoms with van der Waals surface area (Å²) in [5.74, 6) is -0.477. The standard InChI is InChI=1S/C16H20N2O5S/c1-24(21,22)14-4-2-11(3-5-14)6-15(19)18-7-12-9-23-10-13(8-18)17-16(12)20/h2-5,12-13H,6-10H2,1H3,(H,17,20)/t12-,13+/m1/s1. The van der Waals surface area contributed by atoms with E-state index in [0.717, 1.165) is 11.8 Å². The van der Waals surface area contributed by atoms with Crippen LogP contribution < -0.4 is 5.32 Å². The van der Waals surface area contributed by atoms with Crippen LogP contribution in [0, 0.1) is 5.92 Å². The molecule has 2 fully saturated rings. The molecule has 0 spiro atoms. The summed E-state index contributed by atoms with van der Waals surface area (Å²) < 4.78 is 28.4. The van der Waals surface area contributed by atoms with Gasteiger partial charge in [0.15, 0.2) is 9.84 Å². The predicted octanol–water partition coefficient (Wildman–Crippen LogP) is -0.394. The van der Waals surface area contributed by atoms with Crippen molar-refractivity contribution in [3.63, 3.8) is 0 Å². The molecule has 0 saturated carbocycles. The minimum atomic E-state index is -3.24. The van der Waals surface area contributed by atoms with Crippen LogP contribution in [0.2, 0.25) is 0 Å². The van der Waals surface area contributed by atoms with E-state index < -0.39 is 9.84 Å². The molecule has 2 atom stereocenters. The molecule has 3 rings (SSSR count). The molecule has 1 aromatic rings. The topological polar surface area (TPSA) is 92.8 Å². The van der Waals surface area contributed by atoms with Crippen LogP contribution in [0.1, 0.15) is 5.56 Å². The summed E-state index contributed by atoms with van der Waals surface area (Å²) in [5, 5.41) is 2.89. The van der Waals surface area contributed by atoms with Gasteiger partial charge in [0.05, 0.1) is 36.5 Å². The Kier molecular flexibility index (Phi) is 4.60. The minimum absolute atomic E-state index is 0.0645. The highest BCUT2D eigenvalue weighted by Gasteiger charge is 2.34. The summed E-state index contributed by atoms with van der Waals surface area (Å²) in [6.07, 6.45) is 1.33. The van der Waals surface area contributed by atoms with Gasteiger partial charge in [-0.3, -0.25) is 9.59 Å². The number of carbonyl (C=O) groups is 2. The number of carbonyl (C=O) groups excluding carboxylic acids is 2. The fraction of sp³-hybridized carbons (Fsp3) is 0.500. The molecule has 2 aliphatic heterocycles. The summed E-state index contributed by atoms with van der Waals surface area (Å²) in [6, 6.07) is 6.14. The number of amides is 2. The van der Waals surface area contributed by atoms with Crippen molar-refractivity contribution in [2.75, 3.05) is 32.6 Å². The third-order valence-electron chi connectivity index (χ3n) is 4.30. The van der Waals surface area contributed by atoms with Gasteiger partial charge in [-0.25, -0.2) is 8.42 Å². The number of benzene rings is 1. The van der Waals surface area contributed by atoms with Crippen LogP contribution in [0.25, 0.3) is 0 Å². The van der Waals surface area contributed by atoms with E-state index in [9.17, 15) is 18.0 Å². The molecule has 0 unspecified atom stereocenters. The van der Waals surface area contributed by atoms with Crippen LogP contribution >= 0.6 is 0 Å². The first-order valence-corrected chi connectivity index (χ1v) is 9.67. The first-order chi connectivity index (χ1) is 11.3. The van der Waals surface area contributed by atoms with Crippen LogP contribution in [-0.4, -0.2) is 63.7 Å². The highest BCUT2D eigenvalue weighted by Crippen LogP contribution is 2.16. The van der Waals surface area contributed by atoms with Crippen molar-refractivity contribution >= 4 is 21.7 Å². The maximum Gasteiger partial charge on any atom is 0.227 e. The average molecular weight is 352 g/mol. The molecule has 8 heteroatoms. The molecule has 130 valence electrons. The summed E-state index contributed by atoms with van der Waals surface area (Å²) in [4.78, 5) is 26.5. The number of sulfone groups is 1. The van der Waals surface area contributed by atoms with E-state index in [4.69, 9.17) is 4.74 Å². The quantitative estimate of drug-likeness (QED) is 0.799. The number of hydrogen-bond donors (Lipinski definition) is 1. The van der Waals surface area contributed by atoms with Crippen molar-refractivity contribution in [1.29, 1.82) is 0 Å². The number of hydrogen-bond acceptors (Lipinski definition) is 5. The van der Waals surface area contributed by atoms with Gasteiger partial charge >= 0.3 is 0 Å². The Balaban J connectivity index is 1.69. The molecule has 0 radical (unpaired) electrons. The van der Waals surface area contributed by atoms with E-state index in [1.165, 1.54) is 12.1 Å². The molecule has 24 heavy (non-hydrogen) atoms. The Bertz CT molecular complexity index is 744. The lowest BCUT2D eigenvalue weighted by atomic mass is 10.1. The second-order valence-electron chi connectivity index (χ2n) is 6.33. The molecular formula is C16H20N2O5S. The Morgan fingerprint density at radius 3 is 2.62 bits per heavy atom. The van der Waals surface area contributed by atoms with Crippen LogP contribution in [0.3, 0.4) is 0 Å². The normalized spacial score (nSPS) is 24.2. The van der Waals surface area contributed by atoms with E-state index in [0.29, 0.717) is 26.3 Å². The molecule has 7 nitrogen and oxygen atoms in total. The van der Waals surface area contributed by atoms with Gasteiger partial charge in [0, 0.05) is 19.3 Å². The summed E-state index contributed by atoms with van der Waals surface area (Å²) in [5.41, 5.74) is 0.748. The maximum atomic E-state index is 12.6. The van der Waals surface area contributed by atoms with Gasteiger partial charge in [0.2, 0.25) is 11.8 Å². The maximum absolute atomic E-state index is 12.6. The molecule has 0 aliphatic carbocycles. The zero-order chi connectivity index (χ0) is 17.3. The van der Waals surface area contributed by atoms with Crippen LogP contribution in [-0.2, 0) is 30.6 Å². The molecular weight excluding hydrogens is 332 g/mol. The summed E-state index contributed by atoms with van der Waals surface area (Å²) in [7, 11) is -3.24. The Morgan fingerprint density at radius 1 is 1.25 bits per heavy atom. The monoisotopic (exact) mass is 352 g/mol. The fourth-order valence-electron chi connectivity index (χ4n) is 2.97. The van der Waals surface area contributed by atoms with Gasteiger partial charge in [0.25, 0.3) is 0 Å². The van der Waals surface area contributed by atoms with E-state index in [2.05, 4.69) is 5.32 Å². The third kappa shape index (κ3) is 3.76. The minimum Gasteiger partial charge on any atom is -0.378 e. The lowest BCUT2D eigenvalue weighted by Gasteiger charge is -2.27. The third-order valence-corrected chi connectivity index (χ3v) is 5.42. The molecule has 2 heterocycles. The molecule has 1 N–H and O–H groups in total. The number of ether oxygens (including phenoxy) is 1. The predicted molar refractivity (Wildman–Crippen MR) is 86.1 cm³/mol. The number of rotatable bonds is 3. The second kappa shape index (κ2) is 6.52. The van der Waals surface area contributed by atoms with Gasteiger partial charge in [-0.15, -0.1) is 0 Å². The Morgan fingerprint density at radius 2 is 1.96 bits per heavy atom. The van der Waals surface area contributed by atoms with Crippen molar-refractivity contribution < 1.29 is 22.7 Å². The van der Waals surface area contributed by atoms with E-state index >= 15 is 0 Å². The molecule has 2 amide bonds. The number of fused-ring (bicyclic) bond motifs is 3. The zero-order valence-electron chi connectivity index (χ0n) is 13.4. The highest BCUT2D eigenvalue weighted by atomic mass is 32.2. The molecule has 0 aromatic heterocycles. The first kappa shape index (κ1) is 16.9. The molecule has 2 bridgehead atoms. The van der Waals surface area contributed by atoms with Crippen LogP contribution in [0.5, 0.6) is 0 Å². The van der Waals surface area contributed by atoms with Crippen molar-refractivity contribution in [2.24, 2.45) is 5.92 Å². The van der Waals surface area contributed by atoms with Crippen molar-refractivity contribution in [2.45, 2.75) is 17.4 Å². The highest BCUT2D eigenvalue weighted by molar-refractivity contribution is 7.90. The van der Waals surface area contributed by atoms with Gasteiger partial charge in [-0.05, 0) is 17.7 Å². The van der Waals surface area contributed by atoms with Crippen molar-refractivity contribution in [3.8, 4) is 0 Å². The fourth-order valence-corrected chi connectivity index (χ4v) is 3.60. The van der Waals surface area contributed by atoms with E-state index in [-0.39, 0.29) is 35.1 Å². The average Bonchev–Trinajstić information content (AvgIpc) is 2.75. The second-order valence-corrected chi connectivity index (χ2v) is 8.35. The largest absolute Gasteiger partial charge is 0.378 e. The first-order valence-electron chi connectivity index (χ1n) is 7.78. The van der Waals surface area contributed by atoms with E-state index in [1.807, 2.05) is 0 Å². The summed E-state index contributed by atoms with van der Waals surface area (Å²) in [6.45, 7) is 1.52. The SMILES string of the molecule is CS(=O)(=O)c1ccc(CC(=O)N2C[C@H]3COC[C@@H](C2)C(=O)N3)cc1. The zero-order valence-corrected chi connectivity index (χ0v) is 14.2. The number of nitrogens with one attached hydrogen (secondary N) is 1. The Labute approximate surface area is 140 Å². The molecule has 2 aliphatic rings. The van der Waals surface area contributed by atoms with E-state index in [1.54, 1.807) is 17.0 Å². The van der Waals surface area contributed by atoms with Gasteiger partial charge < -0.3 is 15.0 Å². The molecule has 2 saturated heterocycles. The van der Waals surface area contributed by atoms with Gasteiger partial charge in [-0.2, -0.15) is 0 Å². The lowest BCUT2D eigenvalue weighted by Crippen LogP contribution is -2.44. The molecule has 1 aromatic carbocycles.